The molecule has 2 atom stereocenters. The van der Waals surface area contributed by atoms with Crippen molar-refractivity contribution < 1.29 is 19.4 Å². The largest absolute Gasteiger partial charge is 0.467 e. The van der Waals surface area contributed by atoms with Crippen molar-refractivity contribution in [2.24, 2.45) is 0 Å². The summed E-state index contributed by atoms with van der Waals surface area (Å²) in [6.45, 7) is 1.44. The van der Waals surface area contributed by atoms with E-state index >= 15 is 0 Å². The van der Waals surface area contributed by atoms with Gasteiger partial charge in [0.05, 0.1) is 7.11 Å². The Morgan fingerprint density at radius 3 is 2.69 bits per heavy atom. The number of hydrogen-bond donors (Lipinski definition) is 1. The first-order valence-corrected chi connectivity index (χ1v) is 5.73. The van der Waals surface area contributed by atoms with Crippen molar-refractivity contribution in [3.63, 3.8) is 0 Å². The highest BCUT2D eigenvalue weighted by Gasteiger charge is 2.30. The molecule has 0 aliphatic rings. The first kappa shape index (κ1) is 12.9. The highest BCUT2D eigenvalue weighted by atomic mass is 32.1. The van der Waals surface area contributed by atoms with Crippen molar-refractivity contribution in [2.75, 3.05) is 7.11 Å². The fraction of sp³-hybridized carbons (Fsp3) is 0.455. The van der Waals surface area contributed by atoms with Crippen LogP contribution in [0.2, 0.25) is 0 Å². The molecule has 1 aromatic rings. The van der Waals surface area contributed by atoms with Gasteiger partial charge in [0.1, 0.15) is 5.78 Å². The predicted octanol–water partition coefficient (Wildman–Crippen LogP) is 1.34. The summed E-state index contributed by atoms with van der Waals surface area (Å²) in [5.74, 6) is -1.29. The fourth-order valence-electron chi connectivity index (χ4n) is 1.46. The van der Waals surface area contributed by atoms with Crippen LogP contribution in [0.5, 0.6) is 0 Å². The number of aliphatic hydroxyl groups is 1. The number of ether oxygens (including phenoxy) is 1. The minimum absolute atomic E-state index is 0.0682. The first-order valence-electron chi connectivity index (χ1n) is 4.85. The Bertz CT molecular complexity index is 358. The van der Waals surface area contributed by atoms with Gasteiger partial charge in [0, 0.05) is 17.2 Å². The van der Waals surface area contributed by atoms with Crippen LogP contribution in [0.3, 0.4) is 0 Å². The number of carbonyl (C=O) groups excluding carboxylic acids is 2. The zero-order chi connectivity index (χ0) is 12.1. The molecule has 0 bridgehead atoms. The lowest BCUT2D eigenvalue weighted by atomic mass is 9.95. The molecule has 0 aliphatic carbocycles. The van der Waals surface area contributed by atoms with Crippen LogP contribution < -0.4 is 0 Å². The van der Waals surface area contributed by atoms with Gasteiger partial charge in [0.25, 0.3) is 0 Å². The van der Waals surface area contributed by atoms with Crippen LogP contribution in [-0.4, -0.2) is 30.1 Å². The van der Waals surface area contributed by atoms with Crippen molar-refractivity contribution in [1.82, 2.24) is 0 Å². The van der Waals surface area contributed by atoms with Crippen LogP contribution in [0.1, 0.15) is 24.1 Å². The van der Waals surface area contributed by atoms with E-state index in [1.807, 2.05) is 11.4 Å². The number of thiophene rings is 1. The van der Waals surface area contributed by atoms with E-state index in [0.717, 1.165) is 4.88 Å². The molecule has 1 rings (SSSR count). The van der Waals surface area contributed by atoms with Gasteiger partial charge in [-0.1, -0.05) is 6.07 Å². The van der Waals surface area contributed by atoms with E-state index in [9.17, 15) is 14.7 Å². The summed E-state index contributed by atoms with van der Waals surface area (Å²) < 4.78 is 4.48. The highest BCUT2D eigenvalue weighted by molar-refractivity contribution is 7.10. The minimum Gasteiger partial charge on any atom is -0.467 e. The van der Waals surface area contributed by atoms with Crippen LogP contribution >= 0.6 is 11.3 Å². The molecule has 16 heavy (non-hydrogen) atoms. The van der Waals surface area contributed by atoms with Crippen molar-refractivity contribution in [3.8, 4) is 0 Å². The number of esters is 1. The minimum atomic E-state index is -1.28. The van der Waals surface area contributed by atoms with E-state index in [-0.39, 0.29) is 12.2 Å². The summed E-state index contributed by atoms with van der Waals surface area (Å²) in [5.41, 5.74) is 0. The summed E-state index contributed by atoms with van der Waals surface area (Å²) in [7, 11) is 1.21. The average Bonchev–Trinajstić information content (AvgIpc) is 2.76. The SMILES string of the molecule is COC(=O)[C@H](O)[C@@H](CC(C)=O)c1cccs1. The van der Waals surface area contributed by atoms with Crippen LogP contribution in [-0.2, 0) is 14.3 Å². The average molecular weight is 242 g/mol. The Balaban J connectivity index is 2.87. The number of methoxy groups -OCH3 is 1. The third kappa shape index (κ3) is 3.15. The zero-order valence-corrected chi connectivity index (χ0v) is 9.99. The second-order valence-electron chi connectivity index (χ2n) is 3.50. The van der Waals surface area contributed by atoms with Gasteiger partial charge >= 0.3 is 5.97 Å². The van der Waals surface area contributed by atoms with Crippen molar-refractivity contribution in [2.45, 2.75) is 25.4 Å². The molecular weight excluding hydrogens is 228 g/mol. The monoisotopic (exact) mass is 242 g/mol. The molecule has 0 radical (unpaired) electrons. The number of carbonyl (C=O) groups is 2. The molecule has 88 valence electrons. The standard InChI is InChI=1S/C11H14O4S/c1-7(12)6-8(9-4-3-5-16-9)10(13)11(14)15-2/h3-5,8,10,13H,6H2,1-2H3/t8-,10+/m0/s1. The van der Waals surface area contributed by atoms with Gasteiger partial charge in [0.2, 0.25) is 0 Å². The van der Waals surface area contributed by atoms with Crippen LogP contribution in [0.4, 0.5) is 0 Å². The van der Waals surface area contributed by atoms with Gasteiger partial charge in [-0.05, 0) is 18.4 Å². The van der Waals surface area contributed by atoms with E-state index in [1.165, 1.54) is 25.4 Å². The Morgan fingerprint density at radius 2 is 2.25 bits per heavy atom. The topological polar surface area (TPSA) is 63.6 Å². The van der Waals surface area contributed by atoms with E-state index in [4.69, 9.17) is 0 Å². The third-order valence-electron chi connectivity index (χ3n) is 2.24. The fourth-order valence-corrected chi connectivity index (χ4v) is 2.32. The van der Waals surface area contributed by atoms with Crippen molar-refractivity contribution in [1.29, 1.82) is 0 Å². The summed E-state index contributed by atoms with van der Waals surface area (Å²) in [4.78, 5) is 23.2. The number of rotatable bonds is 5. The van der Waals surface area contributed by atoms with Gasteiger partial charge < -0.3 is 14.6 Å². The molecule has 0 fully saturated rings. The maximum absolute atomic E-state index is 11.3. The Kier molecular flexibility index (Phi) is 4.64. The molecule has 5 heteroatoms. The Morgan fingerprint density at radius 1 is 1.56 bits per heavy atom. The summed E-state index contributed by atoms with van der Waals surface area (Å²) >= 11 is 1.41. The maximum atomic E-state index is 11.3. The lowest BCUT2D eigenvalue weighted by Crippen LogP contribution is -2.29. The third-order valence-corrected chi connectivity index (χ3v) is 3.24. The van der Waals surface area contributed by atoms with Crippen LogP contribution in [0.25, 0.3) is 0 Å². The van der Waals surface area contributed by atoms with Gasteiger partial charge in [-0.25, -0.2) is 4.79 Å². The highest BCUT2D eigenvalue weighted by Crippen LogP contribution is 2.28. The molecule has 0 spiro atoms. The molecule has 1 aromatic heterocycles. The molecule has 4 nitrogen and oxygen atoms in total. The van der Waals surface area contributed by atoms with E-state index in [2.05, 4.69) is 4.74 Å². The Hall–Kier alpha value is -1.20. The van der Waals surface area contributed by atoms with E-state index < -0.39 is 18.0 Å². The lowest BCUT2D eigenvalue weighted by Gasteiger charge is -2.18. The summed E-state index contributed by atoms with van der Waals surface area (Å²) in [6.07, 6.45) is -1.15. The van der Waals surface area contributed by atoms with Gasteiger partial charge in [-0.15, -0.1) is 11.3 Å². The quantitative estimate of drug-likeness (QED) is 0.791. The van der Waals surface area contributed by atoms with Crippen LogP contribution in [0, 0.1) is 0 Å². The van der Waals surface area contributed by atoms with E-state index in [1.54, 1.807) is 6.07 Å². The smallest absolute Gasteiger partial charge is 0.335 e. The lowest BCUT2D eigenvalue weighted by molar-refractivity contribution is -0.151. The second kappa shape index (κ2) is 5.77. The predicted molar refractivity (Wildman–Crippen MR) is 60.4 cm³/mol. The molecule has 0 amide bonds. The molecule has 1 heterocycles. The van der Waals surface area contributed by atoms with Crippen molar-refractivity contribution >= 4 is 23.1 Å². The molecule has 0 saturated carbocycles. The molecule has 0 unspecified atom stereocenters. The van der Waals surface area contributed by atoms with E-state index in [0.29, 0.717) is 0 Å². The van der Waals surface area contributed by atoms with Gasteiger partial charge in [-0.3, -0.25) is 0 Å². The number of aliphatic hydroxyl groups excluding tert-OH is 1. The molecule has 1 N–H and O–H groups in total. The van der Waals surface area contributed by atoms with Crippen molar-refractivity contribution in [3.05, 3.63) is 22.4 Å². The van der Waals surface area contributed by atoms with Crippen LogP contribution in [0.15, 0.2) is 17.5 Å². The van der Waals surface area contributed by atoms with Gasteiger partial charge in [-0.2, -0.15) is 0 Å². The normalized spacial score (nSPS) is 14.2. The maximum Gasteiger partial charge on any atom is 0.335 e. The second-order valence-corrected chi connectivity index (χ2v) is 4.48. The summed E-state index contributed by atoms with van der Waals surface area (Å²) in [6, 6.07) is 3.61. The number of hydrogen-bond acceptors (Lipinski definition) is 5. The number of Topliss-reactive ketones (excluding diaryl/α,β-unsaturated/α-hetero) is 1. The molecule has 0 aliphatic heterocycles. The Labute approximate surface area is 97.9 Å². The summed E-state index contributed by atoms with van der Waals surface area (Å²) in [5, 5.41) is 11.6. The molecular formula is C11H14O4S. The molecule has 0 saturated heterocycles. The zero-order valence-electron chi connectivity index (χ0n) is 9.17. The molecule has 0 aromatic carbocycles. The van der Waals surface area contributed by atoms with Gasteiger partial charge in [0.15, 0.2) is 6.10 Å². The number of ketones is 1. The first-order chi connectivity index (χ1) is 7.56.